The molecule has 2 saturated heterocycles. The third kappa shape index (κ3) is 4.58. The second kappa shape index (κ2) is 8.27. The lowest BCUT2D eigenvalue weighted by Crippen LogP contribution is -2.51. The van der Waals surface area contributed by atoms with Crippen LogP contribution in [0.4, 0.5) is 0 Å². The number of carbonyl (C=O) groups is 1. The van der Waals surface area contributed by atoms with E-state index in [-0.39, 0.29) is 11.9 Å². The van der Waals surface area contributed by atoms with Crippen LogP contribution in [0.15, 0.2) is 29.2 Å². The number of carbonyl (C=O) groups excluding carboxylic acids is 1. The van der Waals surface area contributed by atoms with Gasteiger partial charge >= 0.3 is 0 Å². The van der Waals surface area contributed by atoms with E-state index in [2.05, 4.69) is 10.6 Å². The van der Waals surface area contributed by atoms with Gasteiger partial charge in [0.1, 0.15) is 6.04 Å². The summed E-state index contributed by atoms with van der Waals surface area (Å²) >= 11 is 0. The molecule has 1 unspecified atom stereocenters. The lowest BCUT2D eigenvalue weighted by molar-refractivity contribution is -0.126. The van der Waals surface area contributed by atoms with Crippen LogP contribution < -0.4 is 10.6 Å². The molecule has 2 heterocycles. The Kier molecular flexibility index (Phi) is 6.06. The SMILES string of the molecule is O=C(NCc1cccc(S(=O)(=O)N2CCCCC2)c1)C1COCCN1. The van der Waals surface area contributed by atoms with E-state index in [1.165, 1.54) is 0 Å². The number of piperidine rings is 1. The Hall–Kier alpha value is -1.48. The number of nitrogens with zero attached hydrogens (tertiary/aromatic N) is 1. The first-order chi connectivity index (χ1) is 12.1. The average Bonchev–Trinajstić information content (AvgIpc) is 2.67. The smallest absolute Gasteiger partial charge is 0.243 e. The Bertz CT molecular complexity index is 696. The fourth-order valence-corrected chi connectivity index (χ4v) is 4.70. The summed E-state index contributed by atoms with van der Waals surface area (Å²) in [6.07, 6.45) is 2.90. The number of hydrogen-bond acceptors (Lipinski definition) is 5. The van der Waals surface area contributed by atoms with Crippen molar-refractivity contribution in [1.82, 2.24) is 14.9 Å². The number of amides is 1. The summed E-state index contributed by atoms with van der Waals surface area (Å²) in [7, 11) is -3.46. The molecule has 2 aliphatic rings. The second-order valence-electron chi connectivity index (χ2n) is 6.41. The van der Waals surface area contributed by atoms with Crippen molar-refractivity contribution < 1.29 is 17.9 Å². The topological polar surface area (TPSA) is 87.7 Å². The van der Waals surface area contributed by atoms with E-state index in [4.69, 9.17) is 4.74 Å². The largest absolute Gasteiger partial charge is 0.378 e. The van der Waals surface area contributed by atoms with Gasteiger partial charge in [0.15, 0.2) is 0 Å². The molecule has 2 aliphatic heterocycles. The maximum absolute atomic E-state index is 12.7. The highest BCUT2D eigenvalue weighted by molar-refractivity contribution is 7.89. The van der Waals surface area contributed by atoms with Gasteiger partial charge in [-0.05, 0) is 30.5 Å². The standard InChI is InChI=1S/C17H25N3O4S/c21-17(16-13-24-10-7-18-16)19-12-14-5-4-6-15(11-14)25(22,23)20-8-2-1-3-9-20/h4-6,11,16,18H,1-3,7-10,12-13H2,(H,19,21). The maximum atomic E-state index is 12.7. The Morgan fingerprint density at radius 3 is 2.80 bits per heavy atom. The molecule has 7 nitrogen and oxygen atoms in total. The molecule has 0 radical (unpaired) electrons. The van der Waals surface area contributed by atoms with Crippen LogP contribution in [0.25, 0.3) is 0 Å². The molecular weight excluding hydrogens is 342 g/mol. The van der Waals surface area contributed by atoms with Crippen molar-refractivity contribution in [2.75, 3.05) is 32.8 Å². The molecule has 0 saturated carbocycles. The lowest BCUT2D eigenvalue weighted by Gasteiger charge is -2.26. The van der Waals surface area contributed by atoms with Gasteiger partial charge in [0.25, 0.3) is 0 Å². The van der Waals surface area contributed by atoms with Gasteiger partial charge in [-0.25, -0.2) is 8.42 Å². The molecule has 0 bridgehead atoms. The molecule has 1 amide bonds. The Morgan fingerprint density at radius 1 is 1.28 bits per heavy atom. The normalized spacial score (nSPS) is 22.5. The number of benzene rings is 1. The van der Waals surface area contributed by atoms with Gasteiger partial charge in [-0.3, -0.25) is 4.79 Å². The van der Waals surface area contributed by atoms with E-state index in [9.17, 15) is 13.2 Å². The van der Waals surface area contributed by atoms with Crippen molar-refractivity contribution >= 4 is 15.9 Å². The summed E-state index contributed by atoms with van der Waals surface area (Å²) < 4.78 is 32.3. The minimum absolute atomic E-state index is 0.135. The third-order valence-electron chi connectivity index (χ3n) is 4.56. The van der Waals surface area contributed by atoms with Gasteiger partial charge in [-0.15, -0.1) is 0 Å². The number of rotatable bonds is 5. The molecule has 1 atom stereocenters. The number of ether oxygens (including phenoxy) is 1. The first kappa shape index (κ1) is 18.3. The highest BCUT2D eigenvalue weighted by Gasteiger charge is 2.26. The Morgan fingerprint density at radius 2 is 2.08 bits per heavy atom. The first-order valence-electron chi connectivity index (χ1n) is 8.75. The monoisotopic (exact) mass is 367 g/mol. The van der Waals surface area contributed by atoms with Crippen molar-refractivity contribution in [3.8, 4) is 0 Å². The molecule has 0 spiro atoms. The average molecular weight is 367 g/mol. The summed E-state index contributed by atoms with van der Waals surface area (Å²) in [5, 5.41) is 5.93. The van der Waals surface area contributed by atoms with Crippen molar-refractivity contribution in [2.45, 2.75) is 36.7 Å². The lowest BCUT2D eigenvalue weighted by atomic mass is 10.2. The van der Waals surface area contributed by atoms with Crippen LogP contribution >= 0.6 is 0 Å². The van der Waals surface area contributed by atoms with Gasteiger partial charge in [0, 0.05) is 26.2 Å². The molecule has 8 heteroatoms. The summed E-state index contributed by atoms with van der Waals surface area (Å²) in [6, 6.07) is 6.45. The van der Waals surface area contributed by atoms with Gasteiger partial charge in [-0.1, -0.05) is 18.6 Å². The molecule has 1 aromatic carbocycles. The quantitative estimate of drug-likeness (QED) is 0.790. The van der Waals surface area contributed by atoms with Gasteiger partial charge in [0.05, 0.1) is 18.1 Å². The second-order valence-corrected chi connectivity index (χ2v) is 8.35. The van der Waals surface area contributed by atoms with Crippen LogP contribution in [-0.4, -0.2) is 57.5 Å². The summed E-state index contributed by atoms with van der Waals surface area (Å²) in [5.41, 5.74) is 0.767. The highest BCUT2D eigenvalue weighted by Crippen LogP contribution is 2.21. The molecule has 0 aromatic heterocycles. The van der Waals surface area contributed by atoms with Crippen LogP contribution in [0.1, 0.15) is 24.8 Å². The molecule has 3 rings (SSSR count). The number of nitrogens with one attached hydrogen (secondary N) is 2. The minimum Gasteiger partial charge on any atom is -0.378 e. The molecule has 1 aromatic rings. The third-order valence-corrected chi connectivity index (χ3v) is 6.45. The van der Waals surface area contributed by atoms with Gasteiger partial charge < -0.3 is 15.4 Å². The van der Waals surface area contributed by atoms with Crippen LogP contribution in [0.5, 0.6) is 0 Å². The summed E-state index contributed by atoms with van der Waals surface area (Å²) in [5.74, 6) is -0.135. The summed E-state index contributed by atoms with van der Waals surface area (Å²) in [6.45, 7) is 3.07. The van der Waals surface area contributed by atoms with Gasteiger partial charge in [0.2, 0.25) is 15.9 Å². The number of sulfonamides is 1. The maximum Gasteiger partial charge on any atom is 0.243 e. The van der Waals surface area contributed by atoms with Crippen LogP contribution in [-0.2, 0) is 26.1 Å². The zero-order chi connectivity index (χ0) is 17.7. The van der Waals surface area contributed by atoms with E-state index in [1.807, 2.05) is 6.07 Å². The molecule has 2 fully saturated rings. The van der Waals surface area contributed by atoms with E-state index >= 15 is 0 Å². The van der Waals surface area contributed by atoms with E-state index in [1.54, 1.807) is 22.5 Å². The van der Waals surface area contributed by atoms with Crippen molar-refractivity contribution in [2.24, 2.45) is 0 Å². The molecule has 0 aliphatic carbocycles. The van der Waals surface area contributed by atoms with Crippen LogP contribution in [0.2, 0.25) is 0 Å². The molecular formula is C17H25N3O4S. The predicted octanol–water partition coefficient (Wildman–Crippen LogP) is 0.466. The van der Waals surface area contributed by atoms with Gasteiger partial charge in [-0.2, -0.15) is 4.31 Å². The Balaban J connectivity index is 1.63. The summed E-state index contributed by atoms with van der Waals surface area (Å²) in [4.78, 5) is 12.4. The van der Waals surface area contributed by atoms with Crippen molar-refractivity contribution in [3.05, 3.63) is 29.8 Å². The van der Waals surface area contributed by atoms with Crippen molar-refractivity contribution in [1.29, 1.82) is 0 Å². The predicted molar refractivity (Wildman–Crippen MR) is 93.5 cm³/mol. The molecule has 2 N–H and O–H groups in total. The van der Waals surface area contributed by atoms with E-state index in [0.717, 1.165) is 24.8 Å². The fourth-order valence-electron chi connectivity index (χ4n) is 3.12. The minimum atomic E-state index is -3.46. The van der Waals surface area contributed by atoms with E-state index in [0.29, 0.717) is 44.3 Å². The number of hydrogen-bond donors (Lipinski definition) is 2. The zero-order valence-electron chi connectivity index (χ0n) is 14.2. The highest BCUT2D eigenvalue weighted by atomic mass is 32.2. The zero-order valence-corrected chi connectivity index (χ0v) is 15.1. The Labute approximate surface area is 148 Å². The molecule has 25 heavy (non-hydrogen) atoms. The van der Waals surface area contributed by atoms with E-state index < -0.39 is 10.0 Å². The van der Waals surface area contributed by atoms with Crippen molar-refractivity contribution in [3.63, 3.8) is 0 Å². The van der Waals surface area contributed by atoms with Crippen LogP contribution in [0, 0.1) is 0 Å². The fraction of sp³-hybridized carbons (Fsp3) is 0.588. The molecule has 138 valence electrons. The number of morpholine rings is 1. The van der Waals surface area contributed by atoms with Crippen LogP contribution in [0.3, 0.4) is 0 Å². The first-order valence-corrected chi connectivity index (χ1v) is 10.2.